The third-order valence-electron chi connectivity index (χ3n) is 3.42. The predicted octanol–water partition coefficient (Wildman–Crippen LogP) is 3.22. The second kappa shape index (κ2) is 6.87. The van der Waals surface area contributed by atoms with Crippen molar-refractivity contribution in [2.45, 2.75) is 30.7 Å². The molecule has 1 unspecified atom stereocenters. The number of aromatic nitrogens is 3. The maximum Gasteiger partial charge on any atom is 0.277 e. The molecule has 1 aromatic carbocycles. The molecule has 0 radical (unpaired) electrons. The molecule has 0 saturated heterocycles. The molecular formula is C16H18N4O2S. The highest BCUT2D eigenvalue weighted by Crippen LogP contribution is 2.30. The first-order valence-corrected chi connectivity index (χ1v) is 8.41. The minimum absolute atomic E-state index is 0.0244. The summed E-state index contributed by atoms with van der Waals surface area (Å²) in [5.41, 5.74) is 1.88. The molecule has 0 aliphatic rings. The van der Waals surface area contributed by atoms with Gasteiger partial charge in [-0.25, -0.2) is 0 Å². The summed E-state index contributed by atoms with van der Waals surface area (Å²) < 4.78 is 5.70. The molecule has 0 aliphatic heterocycles. The molecule has 0 aliphatic carbocycles. The van der Waals surface area contributed by atoms with E-state index in [4.69, 9.17) is 4.42 Å². The molecule has 7 heteroatoms. The number of thioether (sulfide) groups is 1. The van der Waals surface area contributed by atoms with Crippen LogP contribution in [0.15, 0.2) is 40.1 Å². The highest BCUT2D eigenvalue weighted by molar-refractivity contribution is 8.00. The molecule has 23 heavy (non-hydrogen) atoms. The van der Waals surface area contributed by atoms with E-state index in [2.05, 4.69) is 20.5 Å². The number of hydrogen-bond acceptors (Lipinski definition) is 5. The molecule has 2 N–H and O–H groups in total. The fourth-order valence-electron chi connectivity index (χ4n) is 2.21. The number of aromatic amines is 1. The van der Waals surface area contributed by atoms with Gasteiger partial charge < -0.3 is 14.7 Å². The summed E-state index contributed by atoms with van der Waals surface area (Å²) in [6.07, 6.45) is 2.76. The number of carbonyl (C=O) groups is 1. The van der Waals surface area contributed by atoms with Crippen LogP contribution in [0.25, 0.3) is 22.4 Å². The van der Waals surface area contributed by atoms with Crippen molar-refractivity contribution < 1.29 is 9.21 Å². The van der Waals surface area contributed by atoms with Gasteiger partial charge in [-0.15, -0.1) is 10.2 Å². The van der Waals surface area contributed by atoms with E-state index in [0.29, 0.717) is 17.7 Å². The number of fused-ring (bicyclic) bond motifs is 1. The third kappa shape index (κ3) is 3.39. The molecule has 6 nitrogen and oxygen atoms in total. The summed E-state index contributed by atoms with van der Waals surface area (Å²) >= 11 is 1.26. The van der Waals surface area contributed by atoms with Gasteiger partial charge in [0.2, 0.25) is 5.91 Å². The van der Waals surface area contributed by atoms with Crippen molar-refractivity contribution in [1.29, 1.82) is 0 Å². The van der Waals surface area contributed by atoms with Gasteiger partial charge in [0.1, 0.15) is 0 Å². The predicted molar refractivity (Wildman–Crippen MR) is 90.2 cm³/mol. The van der Waals surface area contributed by atoms with Crippen LogP contribution in [0.3, 0.4) is 0 Å². The molecule has 1 atom stereocenters. The number of nitrogens with one attached hydrogen (secondary N) is 2. The minimum Gasteiger partial charge on any atom is -0.411 e. The average Bonchev–Trinajstić information content (AvgIpc) is 3.18. The van der Waals surface area contributed by atoms with E-state index in [1.54, 1.807) is 0 Å². The number of nitrogens with zero attached hydrogens (tertiary/aromatic N) is 2. The number of para-hydroxylation sites is 1. The van der Waals surface area contributed by atoms with E-state index in [9.17, 15) is 4.79 Å². The summed E-state index contributed by atoms with van der Waals surface area (Å²) in [5.74, 6) is 0.426. The Morgan fingerprint density at radius 3 is 3.04 bits per heavy atom. The molecule has 0 bridgehead atoms. The molecule has 2 heterocycles. The van der Waals surface area contributed by atoms with Crippen LogP contribution >= 0.6 is 11.8 Å². The van der Waals surface area contributed by atoms with Gasteiger partial charge in [-0.2, -0.15) is 0 Å². The fourth-order valence-corrected chi connectivity index (χ4v) is 2.92. The van der Waals surface area contributed by atoms with Crippen molar-refractivity contribution in [2.24, 2.45) is 0 Å². The first-order valence-electron chi connectivity index (χ1n) is 7.53. The van der Waals surface area contributed by atoms with Crippen LogP contribution in [0, 0.1) is 0 Å². The lowest BCUT2D eigenvalue weighted by molar-refractivity contribution is -0.120. The fraction of sp³-hybridized carbons (Fsp3) is 0.312. The minimum atomic E-state index is -0.280. The Hall–Kier alpha value is -2.28. The topological polar surface area (TPSA) is 83.8 Å². The Morgan fingerprint density at radius 1 is 1.39 bits per heavy atom. The smallest absolute Gasteiger partial charge is 0.277 e. The molecule has 0 fully saturated rings. The first-order chi connectivity index (χ1) is 11.2. The first kappa shape index (κ1) is 15.6. The van der Waals surface area contributed by atoms with Crippen molar-refractivity contribution >= 4 is 28.6 Å². The number of hydrogen-bond donors (Lipinski definition) is 2. The molecule has 3 aromatic rings. The van der Waals surface area contributed by atoms with Gasteiger partial charge in [-0.1, -0.05) is 36.9 Å². The van der Waals surface area contributed by atoms with Crippen LogP contribution in [0.4, 0.5) is 0 Å². The van der Waals surface area contributed by atoms with Gasteiger partial charge in [0, 0.05) is 23.6 Å². The summed E-state index contributed by atoms with van der Waals surface area (Å²) in [4.78, 5) is 15.1. The van der Waals surface area contributed by atoms with Crippen LogP contribution in [-0.2, 0) is 4.79 Å². The normalized spacial score (nSPS) is 12.4. The van der Waals surface area contributed by atoms with E-state index < -0.39 is 0 Å². The van der Waals surface area contributed by atoms with Crippen molar-refractivity contribution in [3.8, 4) is 11.5 Å². The Bertz CT molecular complexity index is 811. The Kier molecular flexibility index (Phi) is 4.66. The van der Waals surface area contributed by atoms with Crippen LogP contribution in [0.2, 0.25) is 0 Å². The number of carbonyl (C=O) groups excluding carboxylic acids is 1. The van der Waals surface area contributed by atoms with Gasteiger partial charge in [0.25, 0.3) is 11.1 Å². The zero-order chi connectivity index (χ0) is 16.2. The van der Waals surface area contributed by atoms with E-state index >= 15 is 0 Å². The van der Waals surface area contributed by atoms with Gasteiger partial charge in [-0.3, -0.25) is 4.79 Å². The SMILES string of the molecule is CCCNC(=O)C(C)Sc1nnc(-c2c[nH]c3ccccc23)o1. The zero-order valence-corrected chi connectivity index (χ0v) is 13.8. The molecular weight excluding hydrogens is 312 g/mol. The maximum absolute atomic E-state index is 11.9. The lowest BCUT2D eigenvalue weighted by Gasteiger charge is -2.08. The Labute approximate surface area is 138 Å². The Balaban J connectivity index is 1.74. The van der Waals surface area contributed by atoms with Gasteiger partial charge in [-0.05, 0) is 19.4 Å². The molecule has 1 amide bonds. The molecule has 0 saturated carbocycles. The van der Waals surface area contributed by atoms with Crippen molar-refractivity contribution in [2.75, 3.05) is 6.54 Å². The second-order valence-electron chi connectivity index (χ2n) is 5.17. The van der Waals surface area contributed by atoms with Crippen LogP contribution in [0.5, 0.6) is 0 Å². The number of benzene rings is 1. The highest BCUT2D eigenvalue weighted by atomic mass is 32.2. The molecule has 120 valence electrons. The average molecular weight is 330 g/mol. The zero-order valence-electron chi connectivity index (χ0n) is 13.0. The monoisotopic (exact) mass is 330 g/mol. The summed E-state index contributed by atoms with van der Waals surface area (Å²) in [5, 5.41) is 12.1. The number of rotatable bonds is 6. The second-order valence-corrected chi connectivity index (χ2v) is 6.46. The van der Waals surface area contributed by atoms with Crippen LogP contribution in [0.1, 0.15) is 20.3 Å². The summed E-state index contributed by atoms with van der Waals surface area (Å²) in [7, 11) is 0. The lowest BCUT2D eigenvalue weighted by atomic mass is 10.2. The lowest BCUT2D eigenvalue weighted by Crippen LogP contribution is -2.31. The summed E-state index contributed by atoms with van der Waals surface area (Å²) in [6, 6.07) is 7.92. The standard InChI is InChI=1S/C16H18N4O2S/c1-3-8-17-14(21)10(2)23-16-20-19-15(22-16)12-9-18-13-7-5-4-6-11(12)13/h4-7,9-10,18H,3,8H2,1-2H3,(H,17,21). The molecule has 3 rings (SSSR count). The van der Waals surface area contributed by atoms with Crippen LogP contribution in [-0.4, -0.2) is 32.9 Å². The van der Waals surface area contributed by atoms with Crippen molar-refractivity contribution in [1.82, 2.24) is 20.5 Å². The van der Waals surface area contributed by atoms with Gasteiger partial charge in [0.15, 0.2) is 0 Å². The van der Waals surface area contributed by atoms with Gasteiger partial charge in [0.05, 0.1) is 10.8 Å². The third-order valence-corrected chi connectivity index (χ3v) is 4.36. The summed E-state index contributed by atoms with van der Waals surface area (Å²) in [6.45, 7) is 4.52. The molecule has 0 spiro atoms. The maximum atomic E-state index is 11.9. The largest absolute Gasteiger partial charge is 0.411 e. The van der Waals surface area contributed by atoms with Crippen LogP contribution < -0.4 is 5.32 Å². The van der Waals surface area contributed by atoms with E-state index in [1.807, 2.05) is 44.3 Å². The van der Waals surface area contributed by atoms with E-state index in [-0.39, 0.29) is 11.2 Å². The number of amides is 1. The van der Waals surface area contributed by atoms with Crippen molar-refractivity contribution in [3.05, 3.63) is 30.5 Å². The van der Waals surface area contributed by atoms with E-state index in [1.165, 1.54) is 11.8 Å². The van der Waals surface area contributed by atoms with E-state index in [0.717, 1.165) is 22.9 Å². The number of H-pyrrole nitrogens is 1. The Morgan fingerprint density at radius 2 is 2.22 bits per heavy atom. The quantitative estimate of drug-likeness (QED) is 0.678. The van der Waals surface area contributed by atoms with Crippen molar-refractivity contribution in [3.63, 3.8) is 0 Å². The highest BCUT2D eigenvalue weighted by Gasteiger charge is 2.19. The van der Waals surface area contributed by atoms with Gasteiger partial charge >= 0.3 is 0 Å². The molecule has 2 aromatic heterocycles.